The van der Waals surface area contributed by atoms with Crippen LogP contribution in [0.1, 0.15) is 0 Å². The zero-order valence-corrected chi connectivity index (χ0v) is 10.5. The number of rotatable bonds is 2. The summed E-state index contributed by atoms with van der Waals surface area (Å²) in [5, 5.41) is 16.0. The van der Waals surface area contributed by atoms with E-state index in [1.54, 1.807) is 4.90 Å². The van der Waals surface area contributed by atoms with Gasteiger partial charge in [0.05, 0.1) is 0 Å². The summed E-state index contributed by atoms with van der Waals surface area (Å²) in [5.41, 5.74) is 0.897. The van der Waals surface area contributed by atoms with Gasteiger partial charge in [0.25, 0.3) is 5.95 Å². The molecule has 6 heteroatoms. The van der Waals surface area contributed by atoms with E-state index in [4.69, 9.17) is 0 Å². The Hall–Kier alpha value is -1.56. The molecule has 0 aliphatic rings. The summed E-state index contributed by atoms with van der Waals surface area (Å²) >= 11 is 3.37. The lowest BCUT2D eigenvalue weighted by Crippen LogP contribution is -2.14. The van der Waals surface area contributed by atoms with Gasteiger partial charge in [-0.05, 0) is 24.3 Å². The van der Waals surface area contributed by atoms with Crippen molar-refractivity contribution < 1.29 is 0 Å². The number of halogens is 1. The van der Waals surface area contributed by atoms with E-state index in [0.717, 1.165) is 10.0 Å². The highest BCUT2D eigenvalue weighted by Crippen LogP contribution is 2.17. The largest absolute Gasteiger partial charge is 0.344 e. The Morgan fingerprint density at radius 3 is 2.00 bits per heavy atom. The van der Waals surface area contributed by atoms with Crippen LogP contribution in [0.4, 0.5) is 5.95 Å². The van der Waals surface area contributed by atoms with Crippen LogP contribution < -0.4 is 4.90 Å². The maximum absolute atomic E-state index is 4.02. The minimum Gasteiger partial charge on any atom is -0.344 e. The quantitative estimate of drug-likeness (QED) is 0.839. The van der Waals surface area contributed by atoms with Gasteiger partial charge in [-0.1, -0.05) is 15.9 Å². The molecule has 0 aliphatic carbocycles. The topological polar surface area (TPSA) is 54.8 Å². The molecule has 0 radical (unpaired) electrons. The summed E-state index contributed by atoms with van der Waals surface area (Å²) in [6.45, 7) is 0. The molecule has 0 amide bonds. The summed E-state index contributed by atoms with van der Waals surface area (Å²) in [7, 11) is 3.69. The first-order chi connectivity index (χ1) is 7.66. The summed E-state index contributed by atoms with van der Waals surface area (Å²) in [4.78, 5) is 1.76. The molecule has 5 nitrogen and oxygen atoms in total. The molecule has 82 valence electrons. The molecular formula is C10H10BrN5. The number of benzene rings is 1. The molecule has 1 aromatic carbocycles. The Morgan fingerprint density at radius 1 is 0.938 bits per heavy atom. The fraction of sp³-hybridized carbons (Fsp3) is 0.200. The minimum atomic E-state index is 0.501. The summed E-state index contributed by atoms with van der Waals surface area (Å²) < 4.78 is 1.02. The van der Waals surface area contributed by atoms with Crippen molar-refractivity contribution in [2.75, 3.05) is 19.0 Å². The van der Waals surface area contributed by atoms with Crippen molar-refractivity contribution in [2.45, 2.75) is 0 Å². The number of aromatic nitrogens is 4. The van der Waals surface area contributed by atoms with Gasteiger partial charge in [-0.15, -0.1) is 20.4 Å². The SMILES string of the molecule is CN(C)c1nnc(-c2ccc(Br)cc2)nn1. The minimum absolute atomic E-state index is 0.501. The van der Waals surface area contributed by atoms with Crippen LogP contribution in [0.15, 0.2) is 28.7 Å². The van der Waals surface area contributed by atoms with Crippen LogP contribution in [-0.4, -0.2) is 34.5 Å². The number of anilines is 1. The predicted octanol–water partition coefficient (Wildman–Crippen LogP) is 1.76. The second kappa shape index (κ2) is 4.52. The Bertz CT molecular complexity index is 466. The molecule has 0 saturated carbocycles. The second-order valence-corrected chi connectivity index (χ2v) is 4.34. The van der Waals surface area contributed by atoms with Crippen molar-refractivity contribution in [3.8, 4) is 11.4 Å². The van der Waals surface area contributed by atoms with Crippen LogP contribution >= 0.6 is 15.9 Å². The molecule has 2 aromatic rings. The van der Waals surface area contributed by atoms with Gasteiger partial charge in [0, 0.05) is 24.1 Å². The first kappa shape index (κ1) is 10.9. The number of hydrogen-bond acceptors (Lipinski definition) is 5. The monoisotopic (exact) mass is 279 g/mol. The van der Waals surface area contributed by atoms with E-state index in [1.807, 2.05) is 38.4 Å². The summed E-state index contributed by atoms with van der Waals surface area (Å²) in [6, 6.07) is 7.69. The van der Waals surface area contributed by atoms with Gasteiger partial charge in [-0.25, -0.2) is 0 Å². The smallest absolute Gasteiger partial charge is 0.264 e. The first-order valence-electron chi connectivity index (χ1n) is 4.67. The molecule has 16 heavy (non-hydrogen) atoms. The number of nitrogens with zero attached hydrogens (tertiary/aromatic N) is 5. The van der Waals surface area contributed by atoms with E-state index in [2.05, 4.69) is 36.3 Å². The lowest BCUT2D eigenvalue weighted by molar-refractivity contribution is 0.830. The maximum Gasteiger partial charge on any atom is 0.264 e. The lowest BCUT2D eigenvalue weighted by atomic mass is 10.2. The Kier molecular flexibility index (Phi) is 3.09. The van der Waals surface area contributed by atoms with E-state index in [0.29, 0.717) is 11.8 Å². The van der Waals surface area contributed by atoms with Gasteiger partial charge in [0.1, 0.15) is 0 Å². The summed E-state index contributed by atoms with van der Waals surface area (Å²) in [5.74, 6) is 1.03. The van der Waals surface area contributed by atoms with Crippen molar-refractivity contribution in [3.05, 3.63) is 28.7 Å². The van der Waals surface area contributed by atoms with E-state index < -0.39 is 0 Å². The van der Waals surface area contributed by atoms with Crippen molar-refractivity contribution in [3.63, 3.8) is 0 Å². The number of hydrogen-bond donors (Lipinski definition) is 0. The zero-order valence-electron chi connectivity index (χ0n) is 8.92. The maximum atomic E-state index is 4.02. The van der Waals surface area contributed by atoms with Gasteiger partial charge in [-0.2, -0.15) is 0 Å². The Labute approximate surface area is 102 Å². The van der Waals surface area contributed by atoms with E-state index in [1.165, 1.54) is 0 Å². The average molecular weight is 280 g/mol. The van der Waals surface area contributed by atoms with Crippen molar-refractivity contribution in [1.29, 1.82) is 0 Å². The highest BCUT2D eigenvalue weighted by atomic mass is 79.9. The molecule has 0 N–H and O–H groups in total. The van der Waals surface area contributed by atoms with Crippen LogP contribution in [0.3, 0.4) is 0 Å². The van der Waals surface area contributed by atoms with Crippen molar-refractivity contribution in [1.82, 2.24) is 20.4 Å². The zero-order chi connectivity index (χ0) is 11.5. The highest BCUT2D eigenvalue weighted by molar-refractivity contribution is 9.10. The second-order valence-electron chi connectivity index (χ2n) is 3.42. The average Bonchev–Trinajstić information content (AvgIpc) is 2.30. The first-order valence-corrected chi connectivity index (χ1v) is 5.47. The molecule has 0 fully saturated rings. The van der Waals surface area contributed by atoms with Crippen molar-refractivity contribution >= 4 is 21.9 Å². The Balaban J connectivity index is 2.31. The molecule has 2 rings (SSSR count). The van der Waals surface area contributed by atoms with E-state index >= 15 is 0 Å². The summed E-state index contributed by atoms with van der Waals surface area (Å²) in [6.07, 6.45) is 0. The third-order valence-corrected chi connectivity index (χ3v) is 2.50. The van der Waals surface area contributed by atoms with Gasteiger partial charge >= 0.3 is 0 Å². The third-order valence-electron chi connectivity index (χ3n) is 1.97. The fourth-order valence-electron chi connectivity index (χ4n) is 1.12. The molecule has 0 aliphatic heterocycles. The molecule has 0 unspecified atom stereocenters. The van der Waals surface area contributed by atoms with Crippen LogP contribution in [-0.2, 0) is 0 Å². The normalized spacial score (nSPS) is 10.2. The molecule has 1 aromatic heterocycles. The molecule has 0 spiro atoms. The van der Waals surface area contributed by atoms with Crippen LogP contribution in [0.25, 0.3) is 11.4 Å². The van der Waals surface area contributed by atoms with Crippen LogP contribution in [0, 0.1) is 0 Å². The third kappa shape index (κ3) is 2.33. The fourth-order valence-corrected chi connectivity index (χ4v) is 1.38. The van der Waals surface area contributed by atoms with Gasteiger partial charge in [0.2, 0.25) is 5.82 Å². The predicted molar refractivity (Wildman–Crippen MR) is 65.1 cm³/mol. The highest BCUT2D eigenvalue weighted by Gasteiger charge is 2.04. The molecule has 1 heterocycles. The van der Waals surface area contributed by atoms with Crippen molar-refractivity contribution in [2.24, 2.45) is 0 Å². The van der Waals surface area contributed by atoms with Crippen LogP contribution in [0.5, 0.6) is 0 Å². The Morgan fingerprint density at radius 2 is 1.50 bits per heavy atom. The molecular weight excluding hydrogens is 270 g/mol. The standard InChI is InChI=1S/C10H10BrN5/c1-16(2)10-14-12-9(13-15-10)7-3-5-8(11)6-4-7/h3-6H,1-2H3. The molecule has 0 saturated heterocycles. The van der Waals surface area contributed by atoms with Gasteiger partial charge < -0.3 is 4.90 Å². The van der Waals surface area contributed by atoms with Gasteiger partial charge in [0.15, 0.2) is 0 Å². The van der Waals surface area contributed by atoms with Gasteiger partial charge in [-0.3, -0.25) is 0 Å². The molecule has 0 bridgehead atoms. The lowest BCUT2D eigenvalue weighted by Gasteiger charge is -2.07. The van der Waals surface area contributed by atoms with E-state index in [-0.39, 0.29) is 0 Å². The van der Waals surface area contributed by atoms with E-state index in [9.17, 15) is 0 Å². The van der Waals surface area contributed by atoms with Crippen LogP contribution in [0.2, 0.25) is 0 Å². The molecule has 0 atom stereocenters.